The number of unbranched alkanes of at least 4 members (excludes halogenated alkanes) is 16. The van der Waals surface area contributed by atoms with Crippen molar-refractivity contribution in [1.29, 1.82) is 0 Å². The Morgan fingerprint density at radius 3 is 1.12 bits per heavy atom. The number of alkyl halides is 1. The summed E-state index contributed by atoms with van der Waals surface area (Å²) in [6.07, 6.45) is 25.9. The van der Waals surface area contributed by atoms with Crippen LogP contribution in [0.5, 0.6) is 0 Å². The zero-order valence-corrected chi connectivity index (χ0v) is 20.3. The summed E-state index contributed by atoms with van der Waals surface area (Å²) in [7, 11) is 4.88. The van der Waals surface area contributed by atoms with Gasteiger partial charge in [-0.1, -0.05) is 106 Å². The van der Waals surface area contributed by atoms with Crippen LogP contribution in [0.1, 0.15) is 122 Å². The molecule has 0 rings (SSSR count). The van der Waals surface area contributed by atoms with Gasteiger partial charge in [0.1, 0.15) is 0 Å². The maximum atomic E-state index is 3.51. The van der Waals surface area contributed by atoms with E-state index < -0.39 is 0 Å². The Hall–Kier alpha value is 0.440. The molecule has 0 atom stereocenters. The van der Waals surface area contributed by atoms with Crippen molar-refractivity contribution < 1.29 is 4.48 Å². The Kier molecular flexibility index (Phi) is 20.5. The largest absolute Gasteiger partial charge is 0.328 e. The molecule has 0 aromatic carbocycles. The van der Waals surface area contributed by atoms with E-state index in [2.05, 4.69) is 36.9 Å². The monoisotopic (exact) mass is 432 g/mol. The third-order valence-corrected chi connectivity index (χ3v) is 6.32. The second-order valence-corrected chi connectivity index (χ2v) is 9.88. The molecule has 26 heavy (non-hydrogen) atoms. The van der Waals surface area contributed by atoms with E-state index in [1.165, 1.54) is 138 Å². The quantitative estimate of drug-likeness (QED) is 0.0967. The molecule has 0 radical (unpaired) electrons. The first kappa shape index (κ1) is 26.4. The lowest BCUT2D eigenvalue weighted by Gasteiger charge is -2.30. The number of quaternary nitrogens is 1. The molecule has 1 nitrogen and oxygen atoms in total. The van der Waals surface area contributed by atoms with Crippen molar-refractivity contribution in [2.24, 2.45) is 0 Å². The van der Waals surface area contributed by atoms with Gasteiger partial charge in [-0.2, -0.15) is 0 Å². The summed E-state index contributed by atoms with van der Waals surface area (Å²) in [6.45, 7) is 5.05. The SMILES string of the molecule is CCCCCCCCCCCC[N+](C)(C)CCCCCCCCCCBr. The normalized spacial score (nSPS) is 12.0. The van der Waals surface area contributed by atoms with E-state index in [1.54, 1.807) is 0 Å². The summed E-state index contributed by atoms with van der Waals surface area (Å²) in [5, 5.41) is 1.18. The van der Waals surface area contributed by atoms with Crippen molar-refractivity contribution in [3.05, 3.63) is 0 Å². The van der Waals surface area contributed by atoms with E-state index in [9.17, 15) is 0 Å². The first-order valence-electron chi connectivity index (χ1n) is 12.0. The molecule has 2 heteroatoms. The Morgan fingerprint density at radius 1 is 0.462 bits per heavy atom. The van der Waals surface area contributed by atoms with Crippen LogP contribution in [0.2, 0.25) is 0 Å². The second-order valence-electron chi connectivity index (χ2n) is 9.08. The van der Waals surface area contributed by atoms with Crippen LogP contribution in [0.4, 0.5) is 0 Å². The van der Waals surface area contributed by atoms with Crippen LogP contribution in [-0.4, -0.2) is 37.0 Å². The molecule has 0 saturated carbocycles. The molecule has 0 heterocycles. The van der Waals surface area contributed by atoms with E-state index in [1.807, 2.05) is 0 Å². The predicted octanol–water partition coefficient (Wildman–Crippen LogP) is 8.50. The van der Waals surface area contributed by atoms with E-state index >= 15 is 0 Å². The van der Waals surface area contributed by atoms with Crippen LogP contribution in [0.15, 0.2) is 0 Å². The van der Waals surface area contributed by atoms with Gasteiger partial charge < -0.3 is 4.48 Å². The topological polar surface area (TPSA) is 0 Å². The fourth-order valence-electron chi connectivity index (χ4n) is 3.83. The molecule has 0 aromatic heterocycles. The summed E-state index contributed by atoms with van der Waals surface area (Å²) in [5.74, 6) is 0. The summed E-state index contributed by atoms with van der Waals surface area (Å²) >= 11 is 3.51. The first-order chi connectivity index (χ1) is 12.6. The first-order valence-corrected chi connectivity index (χ1v) is 13.1. The molecule has 0 N–H and O–H groups in total. The van der Waals surface area contributed by atoms with Crippen LogP contribution in [-0.2, 0) is 0 Å². The average molecular weight is 434 g/mol. The van der Waals surface area contributed by atoms with Gasteiger partial charge in [-0.15, -0.1) is 0 Å². The number of hydrogen-bond donors (Lipinski definition) is 0. The zero-order chi connectivity index (χ0) is 19.3. The Bertz CT molecular complexity index is 265. The number of halogens is 1. The lowest BCUT2D eigenvalue weighted by Crippen LogP contribution is -2.41. The van der Waals surface area contributed by atoms with E-state index in [0.717, 1.165) is 0 Å². The minimum absolute atomic E-state index is 1.18. The molecular weight excluding hydrogens is 382 g/mol. The molecule has 0 bridgehead atoms. The fraction of sp³-hybridized carbons (Fsp3) is 1.00. The Balaban J connectivity index is 3.31. The van der Waals surface area contributed by atoms with Gasteiger partial charge in [-0.3, -0.25) is 0 Å². The smallest absolute Gasteiger partial charge is 0.0782 e. The second kappa shape index (κ2) is 20.2. The zero-order valence-electron chi connectivity index (χ0n) is 18.7. The van der Waals surface area contributed by atoms with Crippen LogP contribution >= 0.6 is 15.9 Å². The summed E-state index contributed by atoms with van der Waals surface area (Å²) in [4.78, 5) is 0. The van der Waals surface area contributed by atoms with Gasteiger partial charge in [0.25, 0.3) is 0 Å². The maximum absolute atomic E-state index is 3.51. The summed E-state index contributed by atoms with van der Waals surface area (Å²) in [6, 6.07) is 0. The van der Waals surface area contributed by atoms with Gasteiger partial charge in [-0.05, 0) is 32.1 Å². The van der Waals surface area contributed by atoms with E-state index in [4.69, 9.17) is 0 Å². The Labute approximate surface area is 175 Å². The molecule has 0 spiro atoms. The van der Waals surface area contributed by atoms with Gasteiger partial charge in [0, 0.05) is 5.33 Å². The van der Waals surface area contributed by atoms with Gasteiger partial charge in [0.15, 0.2) is 0 Å². The molecule has 0 aliphatic carbocycles. The highest BCUT2D eigenvalue weighted by molar-refractivity contribution is 9.09. The molecule has 0 amide bonds. The Morgan fingerprint density at radius 2 is 0.769 bits per heavy atom. The molecule has 158 valence electrons. The van der Waals surface area contributed by atoms with Crippen LogP contribution in [0.3, 0.4) is 0 Å². The lowest BCUT2D eigenvalue weighted by atomic mass is 10.1. The van der Waals surface area contributed by atoms with Crippen LogP contribution < -0.4 is 0 Å². The maximum Gasteiger partial charge on any atom is 0.0782 e. The van der Waals surface area contributed by atoms with Crippen molar-refractivity contribution in [2.75, 3.05) is 32.5 Å². The standard InChI is InChI=1S/C24H51BrN/c1-4-5-6-7-8-9-11-14-17-20-23-26(2,3)24-21-18-15-12-10-13-16-19-22-25/h4-24H2,1-3H3/q+1. The molecule has 0 aliphatic rings. The highest BCUT2D eigenvalue weighted by atomic mass is 79.9. The minimum atomic E-state index is 1.18. The molecule has 0 saturated heterocycles. The van der Waals surface area contributed by atoms with Gasteiger partial charge >= 0.3 is 0 Å². The number of nitrogens with zero attached hydrogens (tertiary/aromatic N) is 1. The van der Waals surface area contributed by atoms with E-state index in [0.29, 0.717) is 0 Å². The predicted molar refractivity (Wildman–Crippen MR) is 124 cm³/mol. The minimum Gasteiger partial charge on any atom is -0.328 e. The summed E-state index contributed by atoms with van der Waals surface area (Å²) < 4.78 is 1.24. The highest BCUT2D eigenvalue weighted by Gasteiger charge is 2.13. The average Bonchev–Trinajstić information content (AvgIpc) is 2.62. The third kappa shape index (κ3) is 20.7. The van der Waals surface area contributed by atoms with Gasteiger partial charge in [0.05, 0.1) is 27.2 Å². The van der Waals surface area contributed by atoms with E-state index in [-0.39, 0.29) is 0 Å². The van der Waals surface area contributed by atoms with Crippen LogP contribution in [0, 0.1) is 0 Å². The highest BCUT2D eigenvalue weighted by Crippen LogP contribution is 2.13. The molecular formula is C24H51BrN+. The number of rotatable bonds is 21. The summed E-state index contributed by atoms with van der Waals surface area (Å²) in [5.41, 5.74) is 0. The van der Waals surface area contributed by atoms with Crippen molar-refractivity contribution in [2.45, 2.75) is 122 Å². The molecule has 0 fully saturated rings. The lowest BCUT2D eigenvalue weighted by molar-refractivity contribution is -0.890. The van der Waals surface area contributed by atoms with Gasteiger partial charge in [0.2, 0.25) is 0 Å². The van der Waals surface area contributed by atoms with Crippen molar-refractivity contribution in [3.8, 4) is 0 Å². The number of hydrogen-bond acceptors (Lipinski definition) is 0. The molecule has 0 aromatic rings. The van der Waals surface area contributed by atoms with Crippen LogP contribution in [0.25, 0.3) is 0 Å². The molecule has 0 aliphatic heterocycles. The fourth-order valence-corrected chi connectivity index (χ4v) is 4.23. The van der Waals surface area contributed by atoms with Crippen molar-refractivity contribution in [1.82, 2.24) is 0 Å². The molecule has 0 unspecified atom stereocenters. The van der Waals surface area contributed by atoms with Gasteiger partial charge in [-0.25, -0.2) is 0 Å². The third-order valence-electron chi connectivity index (χ3n) is 5.76. The van der Waals surface area contributed by atoms with Crippen molar-refractivity contribution in [3.63, 3.8) is 0 Å². The van der Waals surface area contributed by atoms with Crippen molar-refractivity contribution >= 4 is 15.9 Å².